The summed E-state index contributed by atoms with van der Waals surface area (Å²) in [5.41, 5.74) is -0.113. The molecule has 6 rings (SSSR count). The van der Waals surface area contributed by atoms with Gasteiger partial charge in [-0.05, 0) is 105 Å². The van der Waals surface area contributed by atoms with Gasteiger partial charge in [0, 0.05) is 6.54 Å². The van der Waals surface area contributed by atoms with E-state index in [2.05, 4.69) is 31.4 Å². The summed E-state index contributed by atoms with van der Waals surface area (Å²) in [6, 6.07) is -0.399. The minimum Gasteiger partial charge on any atom is -0.355 e. The van der Waals surface area contributed by atoms with Crippen LogP contribution in [0.3, 0.4) is 0 Å². The van der Waals surface area contributed by atoms with Crippen LogP contribution in [0.15, 0.2) is 0 Å². The van der Waals surface area contributed by atoms with Crippen LogP contribution >= 0.6 is 0 Å². The van der Waals surface area contributed by atoms with Crippen LogP contribution in [0.25, 0.3) is 0 Å². The van der Waals surface area contributed by atoms with Gasteiger partial charge in [0.05, 0.1) is 0 Å². The topological polar surface area (TPSA) is 78.5 Å². The number of amides is 4. The summed E-state index contributed by atoms with van der Waals surface area (Å²) < 4.78 is 0. The third-order valence-corrected chi connectivity index (χ3v) is 10.5. The summed E-state index contributed by atoms with van der Waals surface area (Å²) in [7, 11) is 0. The highest BCUT2D eigenvalue weighted by atomic mass is 16.2. The first-order valence-corrected chi connectivity index (χ1v) is 13.5. The molecule has 0 atom stereocenters. The number of nitrogens with zero attached hydrogens (tertiary/aromatic N) is 1. The van der Waals surface area contributed by atoms with Crippen LogP contribution < -0.4 is 10.6 Å². The smallest absolute Gasteiger partial charge is 0.325 e. The van der Waals surface area contributed by atoms with E-state index in [1.54, 1.807) is 0 Å². The second kappa shape index (κ2) is 8.27. The normalized spacial score (nSPS) is 39.9. The summed E-state index contributed by atoms with van der Waals surface area (Å²) in [4.78, 5) is 39.7. The van der Waals surface area contributed by atoms with Gasteiger partial charge in [0.2, 0.25) is 5.91 Å². The van der Waals surface area contributed by atoms with Gasteiger partial charge in [-0.2, -0.15) is 0 Å². The van der Waals surface area contributed by atoms with E-state index in [-0.39, 0.29) is 23.8 Å². The molecule has 6 fully saturated rings. The van der Waals surface area contributed by atoms with Crippen molar-refractivity contribution >= 4 is 17.8 Å². The first kappa shape index (κ1) is 23.2. The highest BCUT2D eigenvalue weighted by Crippen LogP contribution is 2.61. The van der Waals surface area contributed by atoms with E-state index in [0.29, 0.717) is 30.7 Å². The summed E-state index contributed by atoms with van der Waals surface area (Å²) in [6.45, 7) is 7.32. The molecule has 1 spiro atoms. The van der Waals surface area contributed by atoms with E-state index in [4.69, 9.17) is 0 Å². The molecule has 6 nitrogen and oxygen atoms in total. The van der Waals surface area contributed by atoms with Crippen molar-refractivity contribution in [2.45, 2.75) is 103 Å². The minimum atomic E-state index is -0.795. The largest absolute Gasteiger partial charge is 0.355 e. The molecule has 2 N–H and O–H groups in total. The Hall–Kier alpha value is -1.59. The number of nitrogens with one attached hydrogen (secondary N) is 2. The fourth-order valence-corrected chi connectivity index (χ4v) is 8.60. The molecule has 5 saturated carbocycles. The summed E-state index contributed by atoms with van der Waals surface area (Å²) in [5.74, 6) is 2.89. The van der Waals surface area contributed by atoms with Gasteiger partial charge >= 0.3 is 6.03 Å². The van der Waals surface area contributed by atoms with E-state index >= 15 is 0 Å². The third kappa shape index (κ3) is 4.20. The lowest BCUT2D eigenvalue weighted by Crippen LogP contribution is -2.51. The average Bonchev–Trinajstić information content (AvgIpc) is 2.97. The van der Waals surface area contributed by atoms with Gasteiger partial charge in [-0.1, -0.05) is 27.2 Å². The molecule has 4 bridgehead atoms. The molecular weight excluding hydrogens is 414 g/mol. The lowest BCUT2D eigenvalue weighted by Gasteiger charge is -2.57. The highest BCUT2D eigenvalue weighted by molar-refractivity contribution is 6.09. The second-order valence-electron chi connectivity index (χ2n) is 13.0. The van der Waals surface area contributed by atoms with Crippen molar-refractivity contribution in [1.29, 1.82) is 0 Å². The molecule has 0 aromatic heterocycles. The Kier molecular flexibility index (Phi) is 5.80. The maximum atomic E-state index is 13.2. The van der Waals surface area contributed by atoms with Gasteiger partial charge in [0.15, 0.2) is 0 Å². The molecule has 1 aliphatic heterocycles. The second-order valence-corrected chi connectivity index (χ2v) is 13.0. The van der Waals surface area contributed by atoms with Crippen LogP contribution in [0, 0.1) is 34.5 Å². The molecule has 0 radical (unpaired) electrons. The van der Waals surface area contributed by atoms with Crippen molar-refractivity contribution in [3.63, 3.8) is 0 Å². The van der Waals surface area contributed by atoms with E-state index in [1.165, 1.54) is 38.5 Å². The van der Waals surface area contributed by atoms with Crippen LogP contribution in [-0.2, 0) is 9.59 Å². The number of hydrogen-bond acceptors (Lipinski definition) is 3. The van der Waals surface area contributed by atoms with E-state index < -0.39 is 11.6 Å². The molecule has 4 amide bonds. The lowest BCUT2D eigenvalue weighted by atomic mass is 9.49. The number of carbonyl (C=O) groups is 3. The van der Waals surface area contributed by atoms with Crippen molar-refractivity contribution in [2.75, 3.05) is 13.1 Å². The number of carbonyl (C=O) groups excluding carboxylic acids is 3. The van der Waals surface area contributed by atoms with Gasteiger partial charge in [-0.25, -0.2) is 4.79 Å². The molecule has 0 aromatic rings. The van der Waals surface area contributed by atoms with Crippen molar-refractivity contribution < 1.29 is 14.4 Å². The molecule has 1 saturated heterocycles. The quantitative estimate of drug-likeness (QED) is 0.547. The van der Waals surface area contributed by atoms with Gasteiger partial charge in [-0.15, -0.1) is 0 Å². The van der Waals surface area contributed by atoms with Crippen molar-refractivity contribution in [1.82, 2.24) is 15.5 Å². The number of hydrogen-bond donors (Lipinski definition) is 2. The Morgan fingerprint density at radius 1 is 1.06 bits per heavy atom. The van der Waals surface area contributed by atoms with Crippen molar-refractivity contribution in [3.8, 4) is 0 Å². The molecule has 0 aromatic carbocycles. The fourth-order valence-electron chi connectivity index (χ4n) is 8.60. The fraction of sp³-hybridized carbons (Fsp3) is 0.889. The van der Waals surface area contributed by atoms with Gasteiger partial charge in [-0.3, -0.25) is 14.5 Å². The number of imide groups is 1. The Balaban J connectivity index is 1.12. The SMILES string of the molecule is CCC(C)(C)C1CCC2(CC1)NC(=O)N(CC(=O)NCCC13CC4CC(CC(C4)C1)C3)C2=O. The van der Waals surface area contributed by atoms with E-state index in [1.807, 2.05) is 0 Å². The van der Waals surface area contributed by atoms with Crippen LogP contribution in [-0.4, -0.2) is 41.4 Å². The molecule has 5 aliphatic carbocycles. The monoisotopic (exact) mass is 457 g/mol. The Morgan fingerprint density at radius 2 is 1.64 bits per heavy atom. The van der Waals surface area contributed by atoms with Crippen LogP contribution in [0.5, 0.6) is 0 Å². The van der Waals surface area contributed by atoms with Gasteiger partial charge in [0.1, 0.15) is 12.1 Å². The molecule has 0 unspecified atom stereocenters. The maximum absolute atomic E-state index is 13.2. The van der Waals surface area contributed by atoms with Gasteiger partial charge < -0.3 is 10.6 Å². The van der Waals surface area contributed by atoms with Crippen LogP contribution in [0.1, 0.15) is 97.8 Å². The van der Waals surface area contributed by atoms with Gasteiger partial charge in [0.25, 0.3) is 5.91 Å². The molecule has 6 heteroatoms. The third-order valence-electron chi connectivity index (χ3n) is 10.5. The maximum Gasteiger partial charge on any atom is 0.325 e. The predicted octanol–water partition coefficient (Wildman–Crippen LogP) is 4.63. The Morgan fingerprint density at radius 3 is 2.18 bits per heavy atom. The van der Waals surface area contributed by atoms with E-state index in [9.17, 15) is 14.4 Å². The Bertz CT molecular complexity index is 776. The zero-order valence-electron chi connectivity index (χ0n) is 20.9. The summed E-state index contributed by atoms with van der Waals surface area (Å²) in [5, 5.41) is 6.01. The summed E-state index contributed by atoms with van der Waals surface area (Å²) >= 11 is 0. The van der Waals surface area contributed by atoms with Crippen molar-refractivity contribution in [2.24, 2.45) is 34.5 Å². The average molecular weight is 458 g/mol. The predicted molar refractivity (Wildman–Crippen MR) is 127 cm³/mol. The zero-order chi connectivity index (χ0) is 23.4. The lowest BCUT2D eigenvalue weighted by molar-refractivity contribution is -0.136. The van der Waals surface area contributed by atoms with Crippen LogP contribution in [0.2, 0.25) is 0 Å². The standard InChI is InChI=1S/C27H43N3O3/c1-4-25(2,3)21-5-7-27(8-6-21)23(32)30(24(33)29-27)17-22(31)28-10-9-26-14-18-11-19(15-26)13-20(12-18)16-26/h18-21H,4-17H2,1-3H3,(H,28,31)(H,29,33). The molecular formula is C27H43N3O3. The molecule has 1 heterocycles. The van der Waals surface area contributed by atoms with Crippen molar-refractivity contribution in [3.05, 3.63) is 0 Å². The molecule has 184 valence electrons. The Labute approximate surface area is 199 Å². The van der Waals surface area contributed by atoms with Crippen LogP contribution in [0.4, 0.5) is 4.79 Å². The molecule has 6 aliphatic rings. The minimum absolute atomic E-state index is 0.156. The number of urea groups is 1. The molecule has 33 heavy (non-hydrogen) atoms. The highest BCUT2D eigenvalue weighted by Gasteiger charge is 2.54. The summed E-state index contributed by atoms with van der Waals surface area (Å²) in [6.07, 6.45) is 13.7. The zero-order valence-corrected chi connectivity index (χ0v) is 20.9. The van der Waals surface area contributed by atoms with E-state index in [0.717, 1.165) is 48.3 Å². The first-order chi connectivity index (χ1) is 15.6. The number of rotatable bonds is 7. The first-order valence-electron chi connectivity index (χ1n) is 13.5.